The molecule has 0 aliphatic heterocycles. The third kappa shape index (κ3) is 15.0. The zero-order valence-electron chi connectivity index (χ0n) is 18.5. The Kier molecular flexibility index (Phi) is 18.2. The summed E-state index contributed by atoms with van der Waals surface area (Å²) in [6.07, 6.45) is 20.0. The molecular formula is C23H48O2Si. The second-order valence-corrected chi connectivity index (χ2v) is 10.9. The Morgan fingerprint density at radius 3 is 1.62 bits per heavy atom. The van der Waals surface area contributed by atoms with Gasteiger partial charge in [-0.2, -0.15) is 0 Å². The average Bonchev–Trinajstić information content (AvgIpc) is 2.63. The Balaban J connectivity index is 3.70. The molecule has 0 amide bonds. The fourth-order valence-electron chi connectivity index (χ4n) is 3.42. The normalized spacial score (nSPS) is 13.9. The molecule has 0 aliphatic rings. The molecule has 0 rings (SSSR count). The number of hydrogen-bond donors (Lipinski definition) is 0. The molecule has 0 bridgehead atoms. The van der Waals surface area contributed by atoms with Crippen molar-refractivity contribution in [3.63, 3.8) is 0 Å². The Hall–Kier alpha value is -0.123. The highest BCUT2D eigenvalue weighted by molar-refractivity contribution is 6.71. The lowest BCUT2D eigenvalue weighted by molar-refractivity contribution is 0.109. The van der Waals surface area contributed by atoms with Crippen molar-refractivity contribution in [3.8, 4) is 0 Å². The molecule has 0 saturated carbocycles. The standard InChI is InChI=1S/C23H48O2Si/c1-6-10-11-12-13-14-15-16-17-18-19-22-24-26(5,9-4)25-23(20-7-2)21-8-3/h9,23H,4,6-8,10-22H2,1-3,5H3. The highest BCUT2D eigenvalue weighted by atomic mass is 28.4. The first kappa shape index (κ1) is 25.9. The van der Waals surface area contributed by atoms with Gasteiger partial charge < -0.3 is 8.85 Å². The van der Waals surface area contributed by atoms with Gasteiger partial charge in [0.15, 0.2) is 0 Å². The number of unbranched alkanes of at least 4 members (excludes halogenated alkanes) is 10. The summed E-state index contributed by atoms with van der Waals surface area (Å²) in [6, 6.07) is 0. The van der Waals surface area contributed by atoms with Crippen molar-refractivity contribution in [1.29, 1.82) is 0 Å². The molecule has 0 aromatic carbocycles. The summed E-state index contributed by atoms with van der Waals surface area (Å²) in [5.74, 6) is 0. The van der Waals surface area contributed by atoms with Gasteiger partial charge in [0, 0.05) is 12.7 Å². The van der Waals surface area contributed by atoms with Crippen molar-refractivity contribution in [1.82, 2.24) is 0 Å². The highest BCUT2D eigenvalue weighted by Crippen LogP contribution is 2.19. The van der Waals surface area contributed by atoms with Crippen LogP contribution in [0, 0.1) is 0 Å². The smallest absolute Gasteiger partial charge is 0.361 e. The first-order valence-corrected chi connectivity index (χ1v) is 14.0. The zero-order chi connectivity index (χ0) is 19.5. The zero-order valence-corrected chi connectivity index (χ0v) is 19.5. The minimum atomic E-state index is -2.19. The molecule has 1 atom stereocenters. The molecule has 0 saturated heterocycles. The third-order valence-electron chi connectivity index (χ3n) is 5.13. The molecule has 0 N–H and O–H groups in total. The number of hydrogen-bond acceptors (Lipinski definition) is 2. The molecule has 0 heterocycles. The van der Waals surface area contributed by atoms with Gasteiger partial charge in [0.1, 0.15) is 0 Å². The molecule has 1 unspecified atom stereocenters. The first-order chi connectivity index (χ1) is 12.6. The van der Waals surface area contributed by atoms with Gasteiger partial charge in [-0.3, -0.25) is 0 Å². The first-order valence-electron chi connectivity index (χ1n) is 11.6. The maximum Gasteiger partial charge on any atom is 0.361 e. The molecule has 2 nitrogen and oxygen atoms in total. The van der Waals surface area contributed by atoms with Gasteiger partial charge in [-0.25, -0.2) is 0 Å². The Labute approximate surface area is 166 Å². The lowest BCUT2D eigenvalue weighted by Gasteiger charge is -2.29. The summed E-state index contributed by atoms with van der Waals surface area (Å²) < 4.78 is 12.5. The van der Waals surface area contributed by atoms with E-state index in [9.17, 15) is 0 Å². The SMILES string of the molecule is C=C[Si](C)(OCCCCCCCCCCCCC)OC(CCC)CCC. The van der Waals surface area contributed by atoms with Crippen molar-refractivity contribution < 1.29 is 8.85 Å². The van der Waals surface area contributed by atoms with Crippen molar-refractivity contribution in [2.75, 3.05) is 6.61 Å². The fourth-order valence-corrected chi connectivity index (χ4v) is 5.15. The second-order valence-electron chi connectivity index (χ2n) is 7.92. The van der Waals surface area contributed by atoms with E-state index in [1.54, 1.807) is 0 Å². The van der Waals surface area contributed by atoms with Crippen LogP contribution < -0.4 is 0 Å². The second kappa shape index (κ2) is 18.2. The Morgan fingerprint density at radius 2 is 1.19 bits per heavy atom. The van der Waals surface area contributed by atoms with Gasteiger partial charge in [-0.05, 0) is 31.5 Å². The Bertz CT molecular complexity index is 303. The van der Waals surface area contributed by atoms with E-state index in [0.717, 1.165) is 25.9 Å². The maximum atomic E-state index is 6.37. The maximum absolute atomic E-state index is 6.37. The molecule has 0 spiro atoms. The van der Waals surface area contributed by atoms with Crippen LogP contribution in [0.15, 0.2) is 12.3 Å². The summed E-state index contributed by atoms with van der Waals surface area (Å²) in [5.41, 5.74) is 1.96. The Morgan fingerprint density at radius 1 is 0.731 bits per heavy atom. The van der Waals surface area contributed by atoms with Crippen molar-refractivity contribution in [3.05, 3.63) is 12.3 Å². The monoisotopic (exact) mass is 384 g/mol. The number of rotatable bonds is 20. The molecular weight excluding hydrogens is 336 g/mol. The predicted octanol–water partition coefficient (Wildman–Crippen LogP) is 8.10. The summed E-state index contributed by atoms with van der Waals surface area (Å²) in [6.45, 7) is 13.7. The minimum absolute atomic E-state index is 0.344. The van der Waals surface area contributed by atoms with Crippen LogP contribution in [0.25, 0.3) is 0 Å². The summed E-state index contributed by atoms with van der Waals surface area (Å²) in [4.78, 5) is 0. The molecule has 0 aromatic rings. The van der Waals surface area contributed by atoms with Gasteiger partial charge in [-0.15, -0.1) is 6.58 Å². The topological polar surface area (TPSA) is 18.5 Å². The van der Waals surface area contributed by atoms with E-state index < -0.39 is 8.56 Å². The van der Waals surface area contributed by atoms with Crippen LogP contribution in [0.2, 0.25) is 6.55 Å². The molecule has 0 fully saturated rings. The third-order valence-corrected chi connectivity index (χ3v) is 7.45. The molecule has 0 aromatic heterocycles. The van der Waals surface area contributed by atoms with Crippen LogP contribution in [0.1, 0.15) is 117 Å². The van der Waals surface area contributed by atoms with Gasteiger partial charge >= 0.3 is 8.56 Å². The summed E-state index contributed by atoms with van der Waals surface area (Å²) in [5, 5.41) is 0. The van der Waals surface area contributed by atoms with Gasteiger partial charge in [0.25, 0.3) is 0 Å². The minimum Gasteiger partial charge on any atom is -0.391 e. The van der Waals surface area contributed by atoms with Crippen molar-refractivity contribution in [2.24, 2.45) is 0 Å². The van der Waals surface area contributed by atoms with Crippen LogP contribution in [-0.2, 0) is 8.85 Å². The van der Waals surface area contributed by atoms with Crippen LogP contribution in [0.5, 0.6) is 0 Å². The molecule has 156 valence electrons. The van der Waals surface area contributed by atoms with Crippen LogP contribution in [0.4, 0.5) is 0 Å². The van der Waals surface area contributed by atoms with Crippen LogP contribution in [-0.4, -0.2) is 21.3 Å². The van der Waals surface area contributed by atoms with E-state index in [1.807, 2.05) is 5.70 Å². The van der Waals surface area contributed by atoms with E-state index in [-0.39, 0.29) is 0 Å². The van der Waals surface area contributed by atoms with Gasteiger partial charge in [0.05, 0.1) is 0 Å². The lowest BCUT2D eigenvalue weighted by atomic mass is 10.1. The predicted molar refractivity (Wildman–Crippen MR) is 119 cm³/mol. The average molecular weight is 385 g/mol. The van der Waals surface area contributed by atoms with Crippen LogP contribution in [0.3, 0.4) is 0 Å². The van der Waals surface area contributed by atoms with E-state index in [2.05, 4.69) is 33.9 Å². The van der Waals surface area contributed by atoms with Crippen molar-refractivity contribution in [2.45, 2.75) is 130 Å². The fraction of sp³-hybridized carbons (Fsp3) is 0.913. The summed E-state index contributed by atoms with van der Waals surface area (Å²) in [7, 11) is -2.19. The molecule has 26 heavy (non-hydrogen) atoms. The van der Waals surface area contributed by atoms with E-state index in [4.69, 9.17) is 8.85 Å². The van der Waals surface area contributed by atoms with E-state index in [0.29, 0.717) is 6.10 Å². The lowest BCUT2D eigenvalue weighted by Crippen LogP contribution is -2.41. The van der Waals surface area contributed by atoms with Gasteiger partial charge in [0.2, 0.25) is 0 Å². The highest BCUT2D eigenvalue weighted by Gasteiger charge is 2.30. The van der Waals surface area contributed by atoms with Crippen molar-refractivity contribution >= 4 is 8.56 Å². The van der Waals surface area contributed by atoms with E-state index >= 15 is 0 Å². The van der Waals surface area contributed by atoms with Gasteiger partial charge in [-0.1, -0.05) is 97.8 Å². The molecule has 0 radical (unpaired) electrons. The quantitative estimate of drug-likeness (QED) is 0.156. The molecule has 0 aliphatic carbocycles. The molecule has 3 heteroatoms. The van der Waals surface area contributed by atoms with Crippen LogP contribution >= 0.6 is 0 Å². The largest absolute Gasteiger partial charge is 0.391 e. The van der Waals surface area contributed by atoms with E-state index in [1.165, 1.54) is 77.0 Å². The summed E-state index contributed by atoms with van der Waals surface area (Å²) >= 11 is 0.